The molecule has 23 heavy (non-hydrogen) atoms. The molecule has 0 unspecified atom stereocenters. The number of hydrogen-bond acceptors (Lipinski definition) is 4. The van der Waals surface area contributed by atoms with Gasteiger partial charge in [-0.15, -0.1) is 24.0 Å². The summed E-state index contributed by atoms with van der Waals surface area (Å²) < 4.78 is 4.63. The van der Waals surface area contributed by atoms with Gasteiger partial charge in [0, 0.05) is 45.2 Å². The van der Waals surface area contributed by atoms with Gasteiger partial charge in [-0.25, -0.2) is 0 Å². The molecule has 2 N–H and O–H groups in total. The van der Waals surface area contributed by atoms with E-state index in [0.29, 0.717) is 18.5 Å². The van der Waals surface area contributed by atoms with Crippen molar-refractivity contribution in [1.29, 1.82) is 0 Å². The molecule has 0 aromatic rings. The maximum atomic E-state index is 11.0. The second-order valence-corrected chi connectivity index (χ2v) is 6.08. The Labute approximate surface area is 157 Å². The first-order chi connectivity index (χ1) is 10.6. The maximum Gasteiger partial charge on any atom is 0.305 e. The summed E-state index contributed by atoms with van der Waals surface area (Å²) in [6.45, 7) is 7.61. The monoisotopic (exact) mass is 440 g/mol. The van der Waals surface area contributed by atoms with Gasteiger partial charge in [0.05, 0.1) is 7.11 Å². The number of carbonyl (C=O) groups excluding carboxylic acids is 1. The molecule has 1 aliphatic rings. The van der Waals surface area contributed by atoms with E-state index in [1.165, 1.54) is 7.11 Å². The van der Waals surface area contributed by atoms with Crippen molar-refractivity contribution in [2.75, 3.05) is 33.8 Å². The van der Waals surface area contributed by atoms with Gasteiger partial charge in [0.1, 0.15) is 0 Å². The van der Waals surface area contributed by atoms with Crippen molar-refractivity contribution in [1.82, 2.24) is 15.5 Å². The van der Waals surface area contributed by atoms with Gasteiger partial charge in [-0.1, -0.05) is 0 Å². The molecule has 0 amide bonds. The highest BCUT2D eigenvalue weighted by Gasteiger charge is 2.21. The fourth-order valence-electron chi connectivity index (χ4n) is 2.65. The van der Waals surface area contributed by atoms with Crippen molar-refractivity contribution in [3.05, 3.63) is 0 Å². The number of halogens is 1. The molecular formula is C16H33IN4O2. The number of methoxy groups -OCH3 is 1. The first-order valence-corrected chi connectivity index (χ1v) is 8.34. The van der Waals surface area contributed by atoms with Gasteiger partial charge in [-0.05, 0) is 39.5 Å². The molecular weight excluding hydrogens is 407 g/mol. The quantitative estimate of drug-likeness (QED) is 0.209. The number of guanidine groups is 1. The summed E-state index contributed by atoms with van der Waals surface area (Å²) in [4.78, 5) is 17.8. The van der Waals surface area contributed by atoms with Crippen molar-refractivity contribution >= 4 is 35.9 Å². The number of likely N-dealkylation sites (tertiary alicyclic amines) is 1. The largest absolute Gasteiger partial charge is 0.469 e. The third kappa shape index (κ3) is 9.34. The summed E-state index contributed by atoms with van der Waals surface area (Å²) in [6.07, 6.45) is 4.56. The van der Waals surface area contributed by atoms with Crippen LogP contribution in [0.1, 0.15) is 46.0 Å². The van der Waals surface area contributed by atoms with Crippen molar-refractivity contribution in [2.24, 2.45) is 4.99 Å². The Morgan fingerprint density at radius 2 is 1.96 bits per heavy atom. The van der Waals surface area contributed by atoms with E-state index in [1.807, 2.05) is 0 Å². The predicted molar refractivity (Wildman–Crippen MR) is 106 cm³/mol. The van der Waals surface area contributed by atoms with Gasteiger partial charge >= 0.3 is 5.97 Å². The van der Waals surface area contributed by atoms with E-state index in [4.69, 9.17) is 0 Å². The van der Waals surface area contributed by atoms with Crippen molar-refractivity contribution < 1.29 is 9.53 Å². The Morgan fingerprint density at radius 1 is 1.30 bits per heavy atom. The first-order valence-electron chi connectivity index (χ1n) is 8.34. The molecule has 1 rings (SSSR count). The van der Waals surface area contributed by atoms with Crippen LogP contribution in [-0.2, 0) is 9.53 Å². The highest BCUT2D eigenvalue weighted by Crippen LogP contribution is 2.12. The van der Waals surface area contributed by atoms with E-state index in [0.717, 1.165) is 51.3 Å². The average molecular weight is 440 g/mol. The lowest BCUT2D eigenvalue weighted by atomic mass is 10.0. The molecule has 1 aliphatic heterocycles. The highest BCUT2D eigenvalue weighted by atomic mass is 127. The number of aliphatic imine (C=N–C) groups is 1. The highest BCUT2D eigenvalue weighted by molar-refractivity contribution is 14.0. The molecule has 0 spiro atoms. The molecule has 136 valence electrons. The number of unbranched alkanes of at least 4 members (excludes halogenated alkanes) is 1. The zero-order valence-electron chi connectivity index (χ0n) is 14.9. The van der Waals surface area contributed by atoms with E-state index >= 15 is 0 Å². The van der Waals surface area contributed by atoms with Crippen LogP contribution in [0.2, 0.25) is 0 Å². The number of nitrogens with zero attached hydrogens (tertiary/aromatic N) is 2. The smallest absolute Gasteiger partial charge is 0.305 e. The van der Waals surface area contributed by atoms with E-state index < -0.39 is 0 Å². The summed E-state index contributed by atoms with van der Waals surface area (Å²) >= 11 is 0. The predicted octanol–water partition coefficient (Wildman–Crippen LogP) is 1.99. The summed E-state index contributed by atoms with van der Waals surface area (Å²) in [7, 11) is 3.23. The van der Waals surface area contributed by atoms with Crippen LogP contribution in [0.5, 0.6) is 0 Å². The van der Waals surface area contributed by atoms with E-state index in [9.17, 15) is 4.79 Å². The molecule has 1 heterocycles. The normalized spacial score (nSPS) is 16.8. The molecule has 0 saturated carbocycles. The van der Waals surface area contributed by atoms with Crippen LogP contribution >= 0.6 is 24.0 Å². The van der Waals surface area contributed by atoms with Crippen LogP contribution in [0.4, 0.5) is 0 Å². The Morgan fingerprint density at radius 3 is 2.48 bits per heavy atom. The van der Waals surface area contributed by atoms with E-state index in [-0.39, 0.29) is 29.9 Å². The summed E-state index contributed by atoms with van der Waals surface area (Å²) in [5.74, 6) is 0.723. The van der Waals surface area contributed by atoms with Gasteiger partial charge in [-0.2, -0.15) is 0 Å². The fourth-order valence-corrected chi connectivity index (χ4v) is 2.65. The van der Waals surface area contributed by atoms with Crippen LogP contribution in [-0.4, -0.2) is 62.7 Å². The molecule has 1 saturated heterocycles. The third-order valence-corrected chi connectivity index (χ3v) is 4.15. The summed E-state index contributed by atoms with van der Waals surface area (Å²) in [5.41, 5.74) is 0. The standard InChI is InChI=1S/C16H32N4O2.HI/c1-13(2)20-11-8-14(9-12-20)19-16(17-3)18-10-6-5-7-15(21)22-4;/h13-14H,5-12H2,1-4H3,(H2,17,18,19);1H. The van der Waals surface area contributed by atoms with E-state index in [2.05, 4.69) is 39.1 Å². The van der Waals surface area contributed by atoms with Crippen LogP contribution < -0.4 is 10.6 Å². The van der Waals surface area contributed by atoms with Crippen molar-refractivity contribution in [2.45, 2.75) is 58.0 Å². The van der Waals surface area contributed by atoms with Crippen LogP contribution in [0.15, 0.2) is 4.99 Å². The lowest BCUT2D eigenvalue weighted by Gasteiger charge is -2.35. The minimum atomic E-state index is -0.139. The second-order valence-electron chi connectivity index (χ2n) is 6.08. The maximum absolute atomic E-state index is 11.0. The molecule has 0 atom stereocenters. The minimum absolute atomic E-state index is 0. The van der Waals surface area contributed by atoms with Crippen LogP contribution in [0.3, 0.4) is 0 Å². The minimum Gasteiger partial charge on any atom is -0.469 e. The van der Waals surface area contributed by atoms with E-state index in [1.54, 1.807) is 7.05 Å². The molecule has 6 nitrogen and oxygen atoms in total. The first kappa shape index (κ1) is 22.4. The Hall–Kier alpha value is -0.570. The number of nitrogens with one attached hydrogen (secondary N) is 2. The molecule has 0 radical (unpaired) electrons. The lowest BCUT2D eigenvalue weighted by Crippen LogP contribution is -2.49. The summed E-state index contributed by atoms with van der Waals surface area (Å²) in [5, 5.41) is 6.81. The van der Waals surface area contributed by atoms with Gasteiger partial charge < -0.3 is 20.3 Å². The third-order valence-electron chi connectivity index (χ3n) is 4.15. The Kier molecular flexibility index (Phi) is 12.5. The van der Waals surface area contributed by atoms with Gasteiger partial charge in [0.15, 0.2) is 5.96 Å². The molecule has 0 bridgehead atoms. The van der Waals surface area contributed by atoms with Crippen molar-refractivity contribution in [3.63, 3.8) is 0 Å². The molecule has 0 aliphatic carbocycles. The number of hydrogen-bond donors (Lipinski definition) is 2. The average Bonchev–Trinajstić information content (AvgIpc) is 2.53. The van der Waals surface area contributed by atoms with Gasteiger partial charge in [-0.3, -0.25) is 9.79 Å². The zero-order chi connectivity index (χ0) is 16.4. The summed E-state index contributed by atoms with van der Waals surface area (Å²) in [6, 6.07) is 1.13. The fraction of sp³-hybridized carbons (Fsp3) is 0.875. The number of rotatable bonds is 7. The van der Waals surface area contributed by atoms with Gasteiger partial charge in [0.2, 0.25) is 0 Å². The molecule has 0 aromatic heterocycles. The molecule has 1 fully saturated rings. The molecule has 7 heteroatoms. The number of piperidine rings is 1. The Balaban J connectivity index is 0.00000484. The van der Waals surface area contributed by atoms with Crippen LogP contribution in [0.25, 0.3) is 0 Å². The topological polar surface area (TPSA) is 66.0 Å². The number of ether oxygens (including phenoxy) is 1. The van der Waals surface area contributed by atoms with Crippen molar-refractivity contribution in [3.8, 4) is 0 Å². The SMILES string of the molecule is CN=C(NCCCCC(=O)OC)NC1CCN(C(C)C)CC1.I. The number of esters is 1. The Bertz CT molecular complexity index is 356. The molecule has 0 aromatic carbocycles. The second kappa shape index (κ2) is 12.8. The lowest BCUT2D eigenvalue weighted by molar-refractivity contribution is -0.140. The van der Waals surface area contributed by atoms with Gasteiger partial charge in [0.25, 0.3) is 0 Å². The zero-order valence-corrected chi connectivity index (χ0v) is 17.3. The van der Waals surface area contributed by atoms with Crippen LogP contribution in [0, 0.1) is 0 Å². The number of carbonyl (C=O) groups is 1.